The standard InChI is InChI=1S/C6H15N3/c7-4-6(8)5-9-2-1-3-9/h6H,1-5,7-8H2. The summed E-state index contributed by atoms with van der Waals surface area (Å²) >= 11 is 0. The molecule has 3 heteroatoms. The Morgan fingerprint density at radius 2 is 2.11 bits per heavy atom. The smallest absolute Gasteiger partial charge is 0.0292 e. The van der Waals surface area contributed by atoms with Crippen molar-refractivity contribution in [2.24, 2.45) is 11.5 Å². The molecule has 1 rings (SSSR count). The van der Waals surface area contributed by atoms with Gasteiger partial charge in [-0.25, -0.2) is 0 Å². The second-order valence-corrected chi connectivity index (χ2v) is 2.65. The van der Waals surface area contributed by atoms with E-state index in [1.54, 1.807) is 0 Å². The van der Waals surface area contributed by atoms with E-state index >= 15 is 0 Å². The van der Waals surface area contributed by atoms with Gasteiger partial charge in [-0.15, -0.1) is 0 Å². The van der Waals surface area contributed by atoms with Gasteiger partial charge in [0.15, 0.2) is 0 Å². The van der Waals surface area contributed by atoms with Gasteiger partial charge in [0.2, 0.25) is 0 Å². The molecule has 1 saturated heterocycles. The van der Waals surface area contributed by atoms with Crippen LogP contribution in [-0.2, 0) is 0 Å². The summed E-state index contributed by atoms with van der Waals surface area (Å²) in [6, 6.07) is 0.185. The van der Waals surface area contributed by atoms with Crippen LogP contribution in [0.3, 0.4) is 0 Å². The molecule has 1 heterocycles. The summed E-state index contributed by atoms with van der Waals surface area (Å²) in [7, 11) is 0. The van der Waals surface area contributed by atoms with Crippen LogP contribution in [0.2, 0.25) is 0 Å². The molecule has 9 heavy (non-hydrogen) atoms. The summed E-state index contributed by atoms with van der Waals surface area (Å²) in [4.78, 5) is 2.33. The zero-order chi connectivity index (χ0) is 6.69. The number of nitrogens with zero attached hydrogens (tertiary/aromatic N) is 1. The highest BCUT2D eigenvalue weighted by molar-refractivity contribution is 4.74. The van der Waals surface area contributed by atoms with Crippen molar-refractivity contribution in [2.75, 3.05) is 26.2 Å². The zero-order valence-electron chi connectivity index (χ0n) is 5.71. The first-order valence-electron chi connectivity index (χ1n) is 3.51. The highest BCUT2D eigenvalue weighted by atomic mass is 15.2. The Hall–Kier alpha value is -0.120. The van der Waals surface area contributed by atoms with Crippen molar-refractivity contribution in [1.29, 1.82) is 0 Å². The van der Waals surface area contributed by atoms with Crippen molar-refractivity contribution in [2.45, 2.75) is 12.5 Å². The van der Waals surface area contributed by atoms with Crippen LogP contribution in [-0.4, -0.2) is 37.1 Å². The van der Waals surface area contributed by atoms with E-state index in [2.05, 4.69) is 4.90 Å². The summed E-state index contributed by atoms with van der Waals surface area (Å²) in [6.07, 6.45) is 1.33. The molecule has 0 bridgehead atoms. The minimum Gasteiger partial charge on any atom is -0.329 e. The first-order valence-corrected chi connectivity index (χ1v) is 3.51. The van der Waals surface area contributed by atoms with Gasteiger partial charge in [0.05, 0.1) is 0 Å². The van der Waals surface area contributed by atoms with E-state index in [9.17, 15) is 0 Å². The molecule has 0 aromatic heterocycles. The predicted octanol–water partition coefficient (Wildman–Crippen LogP) is -1.02. The fraction of sp³-hybridized carbons (Fsp3) is 1.00. The van der Waals surface area contributed by atoms with Crippen molar-refractivity contribution in [3.63, 3.8) is 0 Å². The molecule has 0 amide bonds. The predicted molar refractivity (Wildman–Crippen MR) is 38.1 cm³/mol. The number of rotatable bonds is 3. The molecule has 1 aliphatic heterocycles. The van der Waals surface area contributed by atoms with Gasteiger partial charge in [0, 0.05) is 19.1 Å². The lowest BCUT2D eigenvalue weighted by Crippen LogP contribution is -2.47. The fourth-order valence-electron chi connectivity index (χ4n) is 0.970. The van der Waals surface area contributed by atoms with Crippen LogP contribution in [0, 0.1) is 0 Å². The largest absolute Gasteiger partial charge is 0.329 e. The van der Waals surface area contributed by atoms with Gasteiger partial charge in [-0.05, 0) is 19.5 Å². The van der Waals surface area contributed by atoms with Gasteiger partial charge in [-0.1, -0.05) is 0 Å². The summed E-state index contributed by atoms with van der Waals surface area (Å²) in [6.45, 7) is 4.02. The number of nitrogens with two attached hydrogens (primary N) is 2. The van der Waals surface area contributed by atoms with Crippen molar-refractivity contribution < 1.29 is 0 Å². The van der Waals surface area contributed by atoms with Gasteiger partial charge in [0.1, 0.15) is 0 Å². The molecule has 54 valence electrons. The van der Waals surface area contributed by atoms with Crippen molar-refractivity contribution in [3.05, 3.63) is 0 Å². The summed E-state index contributed by atoms with van der Waals surface area (Å²) in [5.74, 6) is 0. The molecule has 0 saturated carbocycles. The third-order valence-electron chi connectivity index (χ3n) is 1.74. The van der Waals surface area contributed by atoms with Crippen LogP contribution in [0.15, 0.2) is 0 Å². The molecular formula is C6H15N3. The molecule has 0 aliphatic carbocycles. The lowest BCUT2D eigenvalue weighted by Gasteiger charge is -2.32. The summed E-state index contributed by atoms with van der Waals surface area (Å²) in [5, 5.41) is 0. The van der Waals surface area contributed by atoms with Gasteiger partial charge < -0.3 is 16.4 Å². The Morgan fingerprint density at radius 1 is 1.44 bits per heavy atom. The molecule has 4 N–H and O–H groups in total. The first-order chi connectivity index (χ1) is 4.33. The highest BCUT2D eigenvalue weighted by Gasteiger charge is 2.15. The number of hydrogen-bond acceptors (Lipinski definition) is 3. The molecule has 1 unspecified atom stereocenters. The van der Waals surface area contributed by atoms with Crippen LogP contribution in [0.1, 0.15) is 6.42 Å². The highest BCUT2D eigenvalue weighted by Crippen LogP contribution is 2.04. The maximum Gasteiger partial charge on any atom is 0.0292 e. The third-order valence-corrected chi connectivity index (χ3v) is 1.74. The Bertz CT molecular complexity index is 77.6. The van der Waals surface area contributed by atoms with Crippen molar-refractivity contribution >= 4 is 0 Å². The second kappa shape index (κ2) is 3.15. The van der Waals surface area contributed by atoms with E-state index in [1.165, 1.54) is 19.5 Å². The fourth-order valence-corrected chi connectivity index (χ4v) is 0.970. The average molecular weight is 129 g/mol. The number of likely N-dealkylation sites (tertiary alicyclic amines) is 1. The molecule has 3 nitrogen and oxygen atoms in total. The molecule has 0 radical (unpaired) electrons. The maximum atomic E-state index is 5.62. The third kappa shape index (κ3) is 1.93. The monoisotopic (exact) mass is 129 g/mol. The van der Waals surface area contributed by atoms with E-state index in [1.807, 2.05) is 0 Å². The van der Waals surface area contributed by atoms with Gasteiger partial charge in [-0.2, -0.15) is 0 Å². The molecule has 1 aliphatic rings. The zero-order valence-corrected chi connectivity index (χ0v) is 5.71. The van der Waals surface area contributed by atoms with Crippen LogP contribution in [0.5, 0.6) is 0 Å². The van der Waals surface area contributed by atoms with Gasteiger partial charge >= 0.3 is 0 Å². The maximum absolute atomic E-state index is 5.62. The lowest BCUT2D eigenvalue weighted by atomic mass is 10.2. The SMILES string of the molecule is NCC(N)CN1CCC1. The molecule has 1 atom stereocenters. The van der Waals surface area contributed by atoms with E-state index in [0.29, 0.717) is 6.54 Å². The van der Waals surface area contributed by atoms with Crippen LogP contribution >= 0.6 is 0 Å². The Labute approximate surface area is 56.0 Å². The molecule has 0 aromatic carbocycles. The normalized spacial score (nSPS) is 23.3. The summed E-state index contributed by atoms with van der Waals surface area (Å²) in [5.41, 5.74) is 11.0. The molecular weight excluding hydrogens is 114 g/mol. The first kappa shape index (κ1) is 6.99. The van der Waals surface area contributed by atoms with Crippen molar-refractivity contribution in [1.82, 2.24) is 4.90 Å². The van der Waals surface area contributed by atoms with Gasteiger partial charge in [0.25, 0.3) is 0 Å². The van der Waals surface area contributed by atoms with E-state index in [4.69, 9.17) is 11.5 Å². The summed E-state index contributed by atoms with van der Waals surface area (Å²) < 4.78 is 0. The average Bonchev–Trinajstić information content (AvgIpc) is 1.78. The quantitative estimate of drug-likeness (QED) is 0.513. The van der Waals surface area contributed by atoms with Crippen LogP contribution < -0.4 is 11.5 Å². The van der Waals surface area contributed by atoms with E-state index in [-0.39, 0.29) is 6.04 Å². The Kier molecular flexibility index (Phi) is 2.45. The molecule has 0 spiro atoms. The van der Waals surface area contributed by atoms with Gasteiger partial charge in [-0.3, -0.25) is 0 Å². The number of hydrogen-bond donors (Lipinski definition) is 2. The van der Waals surface area contributed by atoms with E-state index in [0.717, 1.165) is 6.54 Å². The van der Waals surface area contributed by atoms with Crippen molar-refractivity contribution in [3.8, 4) is 0 Å². The minimum atomic E-state index is 0.185. The van der Waals surface area contributed by atoms with E-state index < -0.39 is 0 Å². The van der Waals surface area contributed by atoms with Crippen LogP contribution in [0.25, 0.3) is 0 Å². The molecule has 1 fully saturated rings. The Balaban J connectivity index is 2.01. The molecule has 0 aromatic rings. The lowest BCUT2D eigenvalue weighted by molar-refractivity contribution is 0.171. The van der Waals surface area contributed by atoms with Crippen LogP contribution in [0.4, 0.5) is 0 Å². The topological polar surface area (TPSA) is 55.3 Å². The second-order valence-electron chi connectivity index (χ2n) is 2.65. The Morgan fingerprint density at radius 3 is 2.44 bits per heavy atom. The minimum absolute atomic E-state index is 0.185.